The number of Topliss-reactive ketones (excluding diaryl/α,β-unsaturated/α-hetero) is 1. The van der Waals surface area contributed by atoms with Gasteiger partial charge in [-0.2, -0.15) is 0 Å². The van der Waals surface area contributed by atoms with Crippen LogP contribution in [0.4, 0.5) is 0 Å². The van der Waals surface area contributed by atoms with Crippen LogP contribution in [0.5, 0.6) is 5.75 Å². The van der Waals surface area contributed by atoms with Gasteiger partial charge in [0.05, 0.1) is 12.1 Å². The molecule has 4 nitrogen and oxygen atoms in total. The molecule has 0 aliphatic heterocycles. The maximum Gasteiger partial charge on any atom is 0.261 e. The zero-order valence-corrected chi connectivity index (χ0v) is 11.5. The quantitative estimate of drug-likeness (QED) is 0.663. The Morgan fingerprint density at radius 2 is 2.21 bits per heavy atom. The van der Waals surface area contributed by atoms with Gasteiger partial charge in [-0.1, -0.05) is 17.5 Å². The summed E-state index contributed by atoms with van der Waals surface area (Å²) >= 11 is 5.82. The summed E-state index contributed by atoms with van der Waals surface area (Å²) in [7, 11) is 0. The number of rotatable bonds is 5. The van der Waals surface area contributed by atoms with E-state index in [1.54, 1.807) is 19.1 Å². The molecule has 1 atom stereocenters. The molecule has 19 heavy (non-hydrogen) atoms. The normalized spacial score (nSPS) is 11.3. The van der Waals surface area contributed by atoms with Gasteiger partial charge in [0.15, 0.2) is 11.9 Å². The molecule has 0 saturated carbocycles. The van der Waals surface area contributed by atoms with Crippen molar-refractivity contribution in [2.24, 2.45) is 0 Å². The minimum absolute atomic E-state index is 0.132. The van der Waals surface area contributed by atoms with Crippen molar-refractivity contribution in [1.29, 1.82) is 0 Å². The van der Waals surface area contributed by atoms with Crippen LogP contribution < -0.4 is 10.1 Å². The van der Waals surface area contributed by atoms with Crippen molar-refractivity contribution in [3.8, 4) is 18.1 Å². The highest BCUT2D eigenvalue weighted by Gasteiger charge is 2.17. The smallest absolute Gasteiger partial charge is 0.261 e. The molecule has 1 aromatic carbocycles. The highest BCUT2D eigenvalue weighted by atomic mass is 35.5. The first-order chi connectivity index (χ1) is 8.95. The summed E-state index contributed by atoms with van der Waals surface area (Å²) < 4.78 is 5.46. The average molecular weight is 280 g/mol. The summed E-state index contributed by atoms with van der Waals surface area (Å²) in [5.74, 6) is 2.08. The van der Waals surface area contributed by atoms with Crippen LogP contribution in [0, 0.1) is 12.3 Å². The molecule has 0 aromatic heterocycles. The third-order valence-electron chi connectivity index (χ3n) is 2.36. The number of ketones is 1. The van der Waals surface area contributed by atoms with Crippen molar-refractivity contribution >= 4 is 23.3 Å². The van der Waals surface area contributed by atoms with Crippen LogP contribution in [-0.4, -0.2) is 24.3 Å². The molecule has 1 unspecified atom stereocenters. The lowest BCUT2D eigenvalue weighted by atomic mass is 10.1. The highest BCUT2D eigenvalue weighted by Crippen LogP contribution is 2.24. The number of carbonyl (C=O) groups is 2. The first kappa shape index (κ1) is 15.1. The van der Waals surface area contributed by atoms with Crippen molar-refractivity contribution in [2.45, 2.75) is 20.0 Å². The molecule has 0 aliphatic carbocycles. The lowest BCUT2D eigenvalue weighted by Crippen LogP contribution is -2.36. The molecule has 1 N–H and O–H groups in total. The molecule has 0 saturated heterocycles. The molecule has 0 heterocycles. The monoisotopic (exact) mass is 279 g/mol. The number of amides is 1. The molecular formula is C14H14ClNO3. The highest BCUT2D eigenvalue weighted by molar-refractivity contribution is 6.31. The molecule has 0 fully saturated rings. The van der Waals surface area contributed by atoms with Gasteiger partial charge in [0.2, 0.25) is 0 Å². The molecule has 0 radical (unpaired) electrons. The number of terminal acetylenes is 1. The van der Waals surface area contributed by atoms with Crippen LogP contribution in [0.15, 0.2) is 18.2 Å². The first-order valence-corrected chi connectivity index (χ1v) is 6.01. The predicted molar refractivity (Wildman–Crippen MR) is 73.4 cm³/mol. The van der Waals surface area contributed by atoms with Gasteiger partial charge in [0.1, 0.15) is 5.75 Å². The van der Waals surface area contributed by atoms with E-state index in [-0.39, 0.29) is 18.2 Å². The lowest BCUT2D eigenvalue weighted by Gasteiger charge is -2.16. The van der Waals surface area contributed by atoms with Gasteiger partial charge in [-0.3, -0.25) is 9.59 Å². The predicted octanol–water partition coefficient (Wildman–Crippen LogP) is 2.06. The van der Waals surface area contributed by atoms with E-state index in [9.17, 15) is 9.59 Å². The van der Waals surface area contributed by atoms with Gasteiger partial charge in [0, 0.05) is 5.02 Å². The van der Waals surface area contributed by atoms with Crippen molar-refractivity contribution in [3.63, 3.8) is 0 Å². The Kier molecular flexibility index (Phi) is 5.40. The Balaban J connectivity index is 2.85. The van der Waals surface area contributed by atoms with E-state index in [0.29, 0.717) is 16.3 Å². The number of ether oxygens (including phenoxy) is 1. The summed E-state index contributed by atoms with van der Waals surface area (Å²) in [6.07, 6.45) is 4.29. The van der Waals surface area contributed by atoms with E-state index in [0.717, 1.165) is 0 Å². The Hall–Kier alpha value is -1.99. The topological polar surface area (TPSA) is 55.4 Å². The van der Waals surface area contributed by atoms with Crippen LogP contribution in [0.2, 0.25) is 5.02 Å². The molecule has 1 aromatic rings. The summed E-state index contributed by atoms with van der Waals surface area (Å²) in [6, 6.07) is 4.66. The number of hydrogen-bond donors (Lipinski definition) is 1. The van der Waals surface area contributed by atoms with E-state index >= 15 is 0 Å². The van der Waals surface area contributed by atoms with Crippen molar-refractivity contribution in [2.75, 3.05) is 6.54 Å². The number of nitrogens with one attached hydrogen (secondary N) is 1. The average Bonchev–Trinajstić information content (AvgIpc) is 2.37. The number of benzene rings is 1. The number of halogens is 1. The SMILES string of the molecule is C#CCNC(=O)C(C)Oc1ccc(Cl)cc1C(C)=O. The van der Waals surface area contributed by atoms with Crippen LogP contribution in [0.25, 0.3) is 0 Å². The maximum atomic E-state index is 11.6. The summed E-state index contributed by atoms with van der Waals surface area (Å²) in [4.78, 5) is 23.1. The molecule has 5 heteroatoms. The Morgan fingerprint density at radius 3 is 2.79 bits per heavy atom. The van der Waals surface area contributed by atoms with Crippen LogP contribution in [0.1, 0.15) is 24.2 Å². The van der Waals surface area contributed by atoms with Crippen molar-refractivity contribution in [3.05, 3.63) is 28.8 Å². The largest absolute Gasteiger partial charge is 0.480 e. The third kappa shape index (κ3) is 4.31. The van der Waals surface area contributed by atoms with Crippen LogP contribution in [-0.2, 0) is 4.79 Å². The summed E-state index contributed by atoms with van der Waals surface area (Å²) in [6.45, 7) is 3.11. The van der Waals surface area contributed by atoms with Crippen molar-refractivity contribution in [1.82, 2.24) is 5.32 Å². The minimum Gasteiger partial charge on any atom is -0.480 e. The third-order valence-corrected chi connectivity index (χ3v) is 2.59. The van der Waals surface area contributed by atoms with E-state index < -0.39 is 6.10 Å². The van der Waals surface area contributed by atoms with E-state index in [4.69, 9.17) is 22.8 Å². The zero-order chi connectivity index (χ0) is 14.4. The molecule has 0 bridgehead atoms. The fourth-order valence-electron chi connectivity index (χ4n) is 1.41. The zero-order valence-electron chi connectivity index (χ0n) is 10.7. The standard InChI is InChI=1S/C14H14ClNO3/c1-4-7-16-14(18)10(3)19-13-6-5-11(15)8-12(13)9(2)17/h1,5-6,8,10H,7H2,2-3H3,(H,16,18). The second-order valence-corrected chi connectivity index (χ2v) is 4.32. The molecule has 100 valence electrons. The van der Waals surface area contributed by atoms with E-state index in [1.165, 1.54) is 13.0 Å². The lowest BCUT2D eigenvalue weighted by molar-refractivity contribution is -0.127. The Labute approximate surface area is 117 Å². The van der Waals surface area contributed by atoms with Gasteiger partial charge in [0.25, 0.3) is 5.91 Å². The van der Waals surface area contributed by atoms with E-state index in [2.05, 4.69) is 11.2 Å². The fraction of sp³-hybridized carbons (Fsp3) is 0.286. The molecular weight excluding hydrogens is 266 g/mol. The molecule has 1 rings (SSSR count). The van der Waals surface area contributed by atoms with Crippen molar-refractivity contribution < 1.29 is 14.3 Å². The first-order valence-electron chi connectivity index (χ1n) is 5.64. The van der Waals surface area contributed by atoms with Crippen LogP contribution in [0.3, 0.4) is 0 Å². The Morgan fingerprint density at radius 1 is 1.53 bits per heavy atom. The number of hydrogen-bond acceptors (Lipinski definition) is 3. The minimum atomic E-state index is -0.757. The van der Waals surface area contributed by atoms with E-state index in [1.807, 2.05) is 0 Å². The Bertz CT molecular complexity index is 534. The van der Waals surface area contributed by atoms with Gasteiger partial charge in [-0.25, -0.2) is 0 Å². The van der Waals surface area contributed by atoms with Gasteiger partial charge < -0.3 is 10.1 Å². The van der Waals surface area contributed by atoms with Gasteiger partial charge in [-0.05, 0) is 32.0 Å². The van der Waals surface area contributed by atoms with Crippen LogP contribution >= 0.6 is 11.6 Å². The summed E-state index contributed by atoms with van der Waals surface area (Å²) in [5.41, 5.74) is 0.337. The second kappa shape index (κ2) is 6.81. The second-order valence-electron chi connectivity index (χ2n) is 3.88. The summed E-state index contributed by atoms with van der Waals surface area (Å²) in [5, 5.41) is 2.93. The fourth-order valence-corrected chi connectivity index (χ4v) is 1.58. The van der Waals surface area contributed by atoms with Gasteiger partial charge in [-0.15, -0.1) is 6.42 Å². The maximum absolute atomic E-state index is 11.6. The number of carbonyl (C=O) groups excluding carboxylic acids is 2. The van der Waals surface area contributed by atoms with Gasteiger partial charge >= 0.3 is 0 Å². The molecule has 0 aliphatic rings. The molecule has 0 spiro atoms. The molecule has 1 amide bonds.